The van der Waals surface area contributed by atoms with Crippen molar-refractivity contribution in [2.45, 2.75) is 13.8 Å². The van der Waals surface area contributed by atoms with Gasteiger partial charge in [0.15, 0.2) is 0 Å². The van der Waals surface area contributed by atoms with E-state index in [4.69, 9.17) is 0 Å². The van der Waals surface area contributed by atoms with Crippen molar-refractivity contribution in [1.29, 1.82) is 0 Å². The fraction of sp³-hybridized carbons (Fsp3) is 0.0455. The number of hydrogen-bond acceptors (Lipinski definition) is 0. The molecule has 0 aliphatic rings. The number of fused-ring (bicyclic) bond motifs is 6. The standard InChI is InChI=1S/C44H32N2/c1-29-10-8-14-35(24-29)45-41-17-7-6-16-37(41)38-21-18-33(27-43(38)45)34-19-22-39-40-26-32(31-12-4-3-5-13-31)20-23-42(40)46(44(39)28-34)36-15-9-11-30(2)25-36/h3-28H,1-2H3. The van der Waals surface area contributed by atoms with E-state index in [1.165, 1.54) is 88.4 Å². The minimum atomic E-state index is 1.18. The van der Waals surface area contributed by atoms with Gasteiger partial charge in [0.25, 0.3) is 0 Å². The maximum atomic E-state index is 2.43. The summed E-state index contributed by atoms with van der Waals surface area (Å²) in [5.41, 5.74) is 14.6. The zero-order valence-electron chi connectivity index (χ0n) is 25.9. The molecule has 0 bridgehead atoms. The summed E-state index contributed by atoms with van der Waals surface area (Å²) in [4.78, 5) is 0. The van der Waals surface area contributed by atoms with E-state index in [9.17, 15) is 0 Å². The predicted molar refractivity (Wildman–Crippen MR) is 195 cm³/mol. The summed E-state index contributed by atoms with van der Waals surface area (Å²) in [6.07, 6.45) is 0. The number of rotatable bonds is 4. The molecular weight excluding hydrogens is 556 g/mol. The van der Waals surface area contributed by atoms with E-state index in [0.717, 1.165) is 0 Å². The average Bonchev–Trinajstić information content (AvgIpc) is 3.60. The second kappa shape index (κ2) is 10.4. The van der Waals surface area contributed by atoms with Crippen molar-refractivity contribution in [2.75, 3.05) is 0 Å². The van der Waals surface area contributed by atoms with Gasteiger partial charge in [-0.15, -0.1) is 0 Å². The van der Waals surface area contributed by atoms with Gasteiger partial charge in [-0.1, -0.05) is 103 Å². The second-order valence-corrected chi connectivity index (χ2v) is 12.4. The highest BCUT2D eigenvalue weighted by Crippen LogP contribution is 2.39. The van der Waals surface area contributed by atoms with Crippen LogP contribution >= 0.6 is 0 Å². The molecule has 0 aliphatic carbocycles. The van der Waals surface area contributed by atoms with Gasteiger partial charge in [0, 0.05) is 32.9 Å². The second-order valence-electron chi connectivity index (χ2n) is 12.4. The van der Waals surface area contributed by atoms with Gasteiger partial charge in [-0.2, -0.15) is 0 Å². The molecule has 7 aromatic carbocycles. The molecule has 0 atom stereocenters. The minimum absolute atomic E-state index is 1.18. The molecule has 0 spiro atoms. The lowest BCUT2D eigenvalue weighted by Gasteiger charge is -2.11. The van der Waals surface area contributed by atoms with Crippen LogP contribution in [0.25, 0.3) is 77.2 Å². The Morgan fingerprint density at radius 3 is 1.43 bits per heavy atom. The minimum Gasteiger partial charge on any atom is -0.309 e. The molecule has 0 radical (unpaired) electrons. The summed E-state index contributed by atoms with van der Waals surface area (Å²) in [6, 6.07) is 57.8. The van der Waals surface area contributed by atoms with E-state index >= 15 is 0 Å². The molecule has 9 rings (SSSR count). The van der Waals surface area contributed by atoms with Gasteiger partial charge in [-0.3, -0.25) is 0 Å². The number of benzene rings is 7. The summed E-state index contributed by atoms with van der Waals surface area (Å²) in [5.74, 6) is 0. The summed E-state index contributed by atoms with van der Waals surface area (Å²) >= 11 is 0. The van der Waals surface area contributed by atoms with Gasteiger partial charge in [0.1, 0.15) is 0 Å². The van der Waals surface area contributed by atoms with Crippen LogP contribution in [0.4, 0.5) is 0 Å². The van der Waals surface area contributed by atoms with Crippen LogP contribution in [0.3, 0.4) is 0 Å². The number of hydrogen-bond donors (Lipinski definition) is 0. The molecule has 218 valence electrons. The Labute approximate surface area is 268 Å². The Kier molecular flexibility index (Phi) is 5.97. The van der Waals surface area contributed by atoms with Crippen LogP contribution in [-0.2, 0) is 0 Å². The van der Waals surface area contributed by atoms with Crippen LogP contribution in [0.15, 0.2) is 158 Å². The third-order valence-corrected chi connectivity index (χ3v) is 9.40. The van der Waals surface area contributed by atoms with E-state index in [1.807, 2.05) is 0 Å². The van der Waals surface area contributed by atoms with Crippen LogP contribution in [0.5, 0.6) is 0 Å². The zero-order chi connectivity index (χ0) is 30.8. The maximum Gasteiger partial charge on any atom is 0.0547 e. The summed E-state index contributed by atoms with van der Waals surface area (Å²) in [6.45, 7) is 4.33. The Bertz CT molecular complexity index is 2600. The van der Waals surface area contributed by atoms with Crippen LogP contribution in [-0.4, -0.2) is 9.13 Å². The van der Waals surface area contributed by atoms with Crippen LogP contribution in [0.1, 0.15) is 11.1 Å². The third-order valence-electron chi connectivity index (χ3n) is 9.40. The molecule has 2 nitrogen and oxygen atoms in total. The normalized spacial score (nSPS) is 11.7. The molecule has 0 N–H and O–H groups in total. The number of aryl methyl sites for hydroxylation is 2. The van der Waals surface area contributed by atoms with Crippen LogP contribution < -0.4 is 0 Å². The molecule has 0 aliphatic heterocycles. The molecule has 0 saturated carbocycles. The Balaban J connectivity index is 1.29. The van der Waals surface area contributed by atoms with Crippen molar-refractivity contribution < 1.29 is 0 Å². The number of para-hydroxylation sites is 1. The van der Waals surface area contributed by atoms with Gasteiger partial charge in [0.05, 0.1) is 22.1 Å². The highest BCUT2D eigenvalue weighted by Gasteiger charge is 2.17. The lowest BCUT2D eigenvalue weighted by Crippen LogP contribution is -1.95. The van der Waals surface area contributed by atoms with Crippen LogP contribution in [0.2, 0.25) is 0 Å². The number of nitrogens with zero attached hydrogens (tertiary/aromatic N) is 2. The molecule has 9 aromatic rings. The van der Waals surface area contributed by atoms with Gasteiger partial charge in [-0.25, -0.2) is 0 Å². The Hall–Kier alpha value is -5.86. The lowest BCUT2D eigenvalue weighted by atomic mass is 10.00. The molecule has 0 unspecified atom stereocenters. The summed E-state index contributed by atoms with van der Waals surface area (Å²) in [5, 5.41) is 5.06. The molecule has 0 fully saturated rings. The van der Waals surface area contributed by atoms with Crippen molar-refractivity contribution in [3.63, 3.8) is 0 Å². The first-order chi connectivity index (χ1) is 22.6. The highest BCUT2D eigenvalue weighted by molar-refractivity contribution is 6.13. The molecule has 0 amide bonds. The van der Waals surface area contributed by atoms with Crippen molar-refractivity contribution in [3.8, 4) is 33.6 Å². The largest absolute Gasteiger partial charge is 0.309 e. The van der Waals surface area contributed by atoms with E-state index in [0.29, 0.717) is 0 Å². The van der Waals surface area contributed by atoms with Crippen molar-refractivity contribution in [1.82, 2.24) is 9.13 Å². The fourth-order valence-corrected chi connectivity index (χ4v) is 7.25. The molecule has 2 heterocycles. The van der Waals surface area contributed by atoms with Crippen molar-refractivity contribution >= 4 is 43.6 Å². The van der Waals surface area contributed by atoms with E-state index in [1.54, 1.807) is 0 Å². The van der Waals surface area contributed by atoms with Gasteiger partial charge in [-0.05, 0) is 102 Å². The maximum absolute atomic E-state index is 2.43. The smallest absolute Gasteiger partial charge is 0.0547 e. The first-order valence-electron chi connectivity index (χ1n) is 15.9. The van der Waals surface area contributed by atoms with Gasteiger partial charge < -0.3 is 9.13 Å². The van der Waals surface area contributed by atoms with E-state index in [2.05, 4.69) is 181 Å². The molecular formula is C44H32N2. The number of aromatic nitrogens is 2. The summed E-state index contributed by atoms with van der Waals surface area (Å²) in [7, 11) is 0. The fourth-order valence-electron chi connectivity index (χ4n) is 7.25. The van der Waals surface area contributed by atoms with E-state index < -0.39 is 0 Å². The van der Waals surface area contributed by atoms with Gasteiger partial charge >= 0.3 is 0 Å². The van der Waals surface area contributed by atoms with Crippen molar-refractivity contribution in [3.05, 3.63) is 169 Å². The van der Waals surface area contributed by atoms with Gasteiger partial charge in [0.2, 0.25) is 0 Å². The zero-order valence-corrected chi connectivity index (χ0v) is 25.9. The monoisotopic (exact) mass is 588 g/mol. The molecule has 46 heavy (non-hydrogen) atoms. The third kappa shape index (κ3) is 4.18. The average molecular weight is 589 g/mol. The predicted octanol–water partition coefficient (Wildman–Crippen LogP) is 11.8. The Morgan fingerprint density at radius 1 is 0.304 bits per heavy atom. The quantitative estimate of drug-likeness (QED) is 0.194. The molecule has 2 heteroatoms. The SMILES string of the molecule is Cc1cccc(-n2c3ccccc3c3ccc(-c4ccc5c6cc(-c7ccccc7)ccc6n(-c6cccc(C)c6)c5c4)cc32)c1. The topological polar surface area (TPSA) is 9.86 Å². The molecule has 0 saturated heterocycles. The van der Waals surface area contributed by atoms with E-state index in [-0.39, 0.29) is 0 Å². The highest BCUT2D eigenvalue weighted by atomic mass is 15.0. The van der Waals surface area contributed by atoms with Crippen LogP contribution in [0, 0.1) is 13.8 Å². The Morgan fingerprint density at radius 2 is 0.804 bits per heavy atom. The first-order valence-corrected chi connectivity index (χ1v) is 15.9. The molecule has 2 aromatic heterocycles. The first kappa shape index (κ1) is 26.5. The van der Waals surface area contributed by atoms with Crippen molar-refractivity contribution in [2.24, 2.45) is 0 Å². The summed E-state index contributed by atoms with van der Waals surface area (Å²) < 4.78 is 4.84. The lowest BCUT2D eigenvalue weighted by molar-refractivity contribution is 1.17.